The van der Waals surface area contributed by atoms with Crippen molar-refractivity contribution >= 4 is 43.2 Å². The lowest BCUT2D eigenvalue weighted by atomic mass is 10.1. The standard InChI is InChI=1S/C14H12BrClN2O2S/c15-13-4-2-11(16)6-14(13)18-21(19,20)12-3-1-9-7-17-8-10(9)5-12/h1-6,17-18H,7-8H2. The SMILES string of the molecule is O=S(=O)(Nc1cc(Cl)ccc1Br)c1ccc2c(c1)CNC2. The Balaban J connectivity index is 1.95. The molecule has 2 aromatic carbocycles. The Morgan fingerprint density at radius 3 is 2.67 bits per heavy atom. The summed E-state index contributed by atoms with van der Waals surface area (Å²) in [5.74, 6) is 0. The van der Waals surface area contributed by atoms with Crippen LogP contribution in [0.2, 0.25) is 5.02 Å². The molecule has 0 amide bonds. The van der Waals surface area contributed by atoms with E-state index in [1.807, 2.05) is 6.07 Å². The number of benzene rings is 2. The highest BCUT2D eigenvalue weighted by atomic mass is 79.9. The average molecular weight is 388 g/mol. The van der Waals surface area contributed by atoms with Gasteiger partial charge in [-0.05, 0) is 57.4 Å². The molecule has 2 N–H and O–H groups in total. The molecule has 0 saturated heterocycles. The number of anilines is 1. The number of fused-ring (bicyclic) bond motifs is 1. The first-order valence-corrected chi connectivity index (χ1v) is 8.91. The summed E-state index contributed by atoms with van der Waals surface area (Å²) < 4.78 is 28.1. The van der Waals surface area contributed by atoms with Gasteiger partial charge >= 0.3 is 0 Å². The average Bonchev–Trinajstić information content (AvgIpc) is 2.90. The Kier molecular flexibility index (Phi) is 3.96. The Morgan fingerprint density at radius 2 is 1.86 bits per heavy atom. The molecule has 7 heteroatoms. The highest BCUT2D eigenvalue weighted by molar-refractivity contribution is 9.10. The van der Waals surface area contributed by atoms with Crippen LogP contribution in [0.4, 0.5) is 5.69 Å². The fourth-order valence-corrected chi connectivity index (χ4v) is 3.99. The third-order valence-electron chi connectivity index (χ3n) is 3.29. The van der Waals surface area contributed by atoms with Crippen molar-refractivity contribution < 1.29 is 8.42 Å². The molecule has 0 spiro atoms. The molecule has 0 bridgehead atoms. The van der Waals surface area contributed by atoms with Crippen LogP contribution in [0.3, 0.4) is 0 Å². The molecule has 0 atom stereocenters. The van der Waals surface area contributed by atoms with Gasteiger partial charge in [0.05, 0.1) is 10.6 Å². The van der Waals surface area contributed by atoms with Crippen LogP contribution >= 0.6 is 27.5 Å². The van der Waals surface area contributed by atoms with E-state index in [1.165, 1.54) is 0 Å². The summed E-state index contributed by atoms with van der Waals surface area (Å²) in [5, 5.41) is 3.66. The minimum atomic E-state index is -3.64. The number of sulfonamides is 1. The second-order valence-electron chi connectivity index (χ2n) is 4.76. The van der Waals surface area contributed by atoms with Crippen LogP contribution in [0.1, 0.15) is 11.1 Å². The molecule has 3 rings (SSSR count). The lowest BCUT2D eigenvalue weighted by Gasteiger charge is -2.11. The molecule has 0 unspecified atom stereocenters. The van der Waals surface area contributed by atoms with Gasteiger partial charge in [-0.1, -0.05) is 17.7 Å². The number of halogens is 2. The Hall–Kier alpha value is -1.08. The van der Waals surface area contributed by atoms with Crippen LogP contribution in [0.15, 0.2) is 45.8 Å². The normalized spacial score (nSPS) is 14.0. The molecule has 0 radical (unpaired) electrons. The van der Waals surface area contributed by atoms with Gasteiger partial charge in [-0.15, -0.1) is 0 Å². The second kappa shape index (κ2) is 5.61. The highest BCUT2D eigenvalue weighted by Crippen LogP contribution is 2.29. The van der Waals surface area contributed by atoms with Crippen molar-refractivity contribution in [2.75, 3.05) is 4.72 Å². The van der Waals surface area contributed by atoms with Crippen molar-refractivity contribution in [3.8, 4) is 0 Å². The molecule has 0 fully saturated rings. The zero-order valence-electron chi connectivity index (χ0n) is 10.9. The topological polar surface area (TPSA) is 58.2 Å². The minimum absolute atomic E-state index is 0.247. The molecule has 4 nitrogen and oxygen atoms in total. The molecular formula is C14H12BrClN2O2S. The minimum Gasteiger partial charge on any atom is -0.309 e. The first kappa shape index (κ1) is 14.8. The van der Waals surface area contributed by atoms with Crippen molar-refractivity contribution in [1.82, 2.24) is 5.32 Å². The predicted octanol–water partition coefficient (Wildman–Crippen LogP) is 3.51. The van der Waals surface area contributed by atoms with Gasteiger partial charge in [0.1, 0.15) is 0 Å². The van der Waals surface area contributed by atoms with E-state index in [4.69, 9.17) is 11.6 Å². The van der Waals surface area contributed by atoms with E-state index in [0.717, 1.165) is 17.7 Å². The number of hydrogen-bond acceptors (Lipinski definition) is 3. The Labute approximate surface area is 136 Å². The van der Waals surface area contributed by atoms with Gasteiger partial charge in [0.2, 0.25) is 0 Å². The number of hydrogen-bond donors (Lipinski definition) is 2. The summed E-state index contributed by atoms with van der Waals surface area (Å²) in [5.41, 5.74) is 2.57. The maximum atomic E-state index is 12.5. The Bertz CT molecular complexity index is 809. The molecule has 0 saturated carbocycles. The summed E-state index contributed by atoms with van der Waals surface area (Å²) in [4.78, 5) is 0.247. The first-order valence-electron chi connectivity index (χ1n) is 6.26. The van der Waals surface area contributed by atoms with E-state index >= 15 is 0 Å². The van der Waals surface area contributed by atoms with E-state index < -0.39 is 10.0 Å². The smallest absolute Gasteiger partial charge is 0.261 e. The van der Waals surface area contributed by atoms with E-state index in [2.05, 4.69) is 26.0 Å². The largest absolute Gasteiger partial charge is 0.309 e. The van der Waals surface area contributed by atoms with Gasteiger partial charge in [0, 0.05) is 22.6 Å². The van der Waals surface area contributed by atoms with Crippen LogP contribution in [0, 0.1) is 0 Å². The summed E-state index contributed by atoms with van der Waals surface area (Å²) in [6.45, 7) is 1.47. The van der Waals surface area contributed by atoms with Gasteiger partial charge in [-0.2, -0.15) is 0 Å². The molecule has 110 valence electrons. The van der Waals surface area contributed by atoms with E-state index in [1.54, 1.807) is 30.3 Å². The zero-order chi connectivity index (χ0) is 15.0. The monoisotopic (exact) mass is 386 g/mol. The van der Waals surface area contributed by atoms with Gasteiger partial charge in [0.25, 0.3) is 10.0 Å². The molecule has 2 aromatic rings. The third kappa shape index (κ3) is 3.08. The number of nitrogens with one attached hydrogen (secondary N) is 2. The lowest BCUT2D eigenvalue weighted by molar-refractivity contribution is 0.601. The quantitative estimate of drug-likeness (QED) is 0.847. The van der Waals surface area contributed by atoms with Crippen LogP contribution in [-0.4, -0.2) is 8.42 Å². The fraction of sp³-hybridized carbons (Fsp3) is 0.143. The summed E-state index contributed by atoms with van der Waals surface area (Å²) in [6, 6.07) is 10.1. The predicted molar refractivity (Wildman–Crippen MR) is 86.9 cm³/mol. The van der Waals surface area contributed by atoms with Gasteiger partial charge < -0.3 is 5.32 Å². The lowest BCUT2D eigenvalue weighted by Crippen LogP contribution is -2.13. The van der Waals surface area contributed by atoms with Crippen LogP contribution < -0.4 is 10.0 Å². The molecule has 1 aliphatic heterocycles. The maximum absolute atomic E-state index is 12.5. The Morgan fingerprint density at radius 1 is 1.10 bits per heavy atom. The van der Waals surface area contributed by atoms with E-state index in [-0.39, 0.29) is 4.90 Å². The van der Waals surface area contributed by atoms with Crippen LogP contribution in [0.5, 0.6) is 0 Å². The second-order valence-corrected chi connectivity index (χ2v) is 7.74. The van der Waals surface area contributed by atoms with Crippen LogP contribution in [0.25, 0.3) is 0 Å². The molecule has 1 aliphatic rings. The van der Waals surface area contributed by atoms with Crippen molar-refractivity contribution in [2.45, 2.75) is 18.0 Å². The van der Waals surface area contributed by atoms with Crippen molar-refractivity contribution in [3.05, 3.63) is 57.0 Å². The van der Waals surface area contributed by atoms with Gasteiger partial charge in [0.15, 0.2) is 0 Å². The summed E-state index contributed by atoms with van der Waals surface area (Å²) >= 11 is 9.21. The molecule has 1 heterocycles. The van der Waals surface area contributed by atoms with Crippen molar-refractivity contribution in [1.29, 1.82) is 0 Å². The van der Waals surface area contributed by atoms with Crippen molar-refractivity contribution in [2.24, 2.45) is 0 Å². The van der Waals surface area contributed by atoms with Gasteiger partial charge in [-0.25, -0.2) is 8.42 Å². The summed E-state index contributed by atoms with van der Waals surface area (Å²) in [6.07, 6.45) is 0. The van der Waals surface area contributed by atoms with E-state index in [9.17, 15) is 8.42 Å². The first-order chi connectivity index (χ1) is 9.95. The number of rotatable bonds is 3. The molecule has 0 aromatic heterocycles. The summed E-state index contributed by atoms with van der Waals surface area (Å²) in [7, 11) is -3.64. The third-order valence-corrected chi connectivity index (χ3v) is 5.58. The maximum Gasteiger partial charge on any atom is 0.261 e. The zero-order valence-corrected chi connectivity index (χ0v) is 14.0. The van der Waals surface area contributed by atoms with Crippen molar-refractivity contribution in [3.63, 3.8) is 0 Å². The molecule has 21 heavy (non-hydrogen) atoms. The molecule has 0 aliphatic carbocycles. The van der Waals surface area contributed by atoms with Crippen LogP contribution in [-0.2, 0) is 23.1 Å². The molecular weight excluding hydrogens is 376 g/mol. The highest BCUT2D eigenvalue weighted by Gasteiger charge is 2.19. The van der Waals surface area contributed by atoms with Gasteiger partial charge in [-0.3, -0.25) is 4.72 Å². The fourth-order valence-electron chi connectivity index (χ4n) is 2.22. The van der Waals surface area contributed by atoms with E-state index in [0.29, 0.717) is 21.7 Å².